The summed E-state index contributed by atoms with van der Waals surface area (Å²) >= 11 is 2.22. The Bertz CT molecular complexity index is 666. The van der Waals surface area contributed by atoms with E-state index in [-0.39, 0.29) is 0 Å². The molecule has 2 aromatic rings. The van der Waals surface area contributed by atoms with Crippen molar-refractivity contribution in [2.45, 2.75) is 18.4 Å². The van der Waals surface area contributed by atoms with Crippen LogP contribution in [0.4, 0.5) is 0 Å². The highest BCUT2D eigenvalue weighted by Crippen LogP contribution is 2.12. The van der Waals surface area contributed by atoms with Crippen LogP contribution in [0.5, 0.6) is 0 Å². The fourth-order valence-electron chi connectivity index (χ4n) is 1.65. The Labute approximate surface area is 127 Å². The van der Waals surface area contributed by atoms with Gasteiger partial charge in [-0.1, -0.05) is 24.3 Å². The van der Waals surface area contributed by atoms with Gasteiger partial charge in [-0.3, -0.25) is 0 Å². The van der Waals surface area contributed by atoms with Gasteiger partial charge in [0.2, 0.25) is 10.0 Å². The summed E-state index contributed by atoms with van der Waals surface area (Å²) in [7, 11) is -3.44. The molecule has 0 amide bonds. The molecule has 1 N–H and O–H groups in total. The zero-order chi connectivity index (χ0) is 13.9. The highest BCUT2D eigenvalue weighted by Gasteiger charge is 2.13. The van der Waals surface area contributed by atoms with E-state index in [9.17, 15) is 8.42 Å². The predicted octanol–water partition coefficient (Wildman–Crippen LogP) is 3.08. The number of halogens is 1. The first-order valence-electron chi connectivity index (χ1n) is 5.78. The molecular weight excluding hydrogens is 373 g/mol. The summed E-state index contributed by atoms with van der Waals surface area (Å²) in [4.78, 5) is 0.304. The first-order valence-corrected chi connectivity index (χ1v) is 8.34. The molecule has 0 unspecified atom stereocenters. The van der Waals surface area contributed by atoms with Crippen molar-refractivity contribution >= 4 is 32.6 Å². The first kappa shape index (κ1) is 14.5. The van der Waals surface area contributed by atoms with Gasteiger partial charge in [0.05, 0.1) is 4.90 Å². The third-order valence-corrected chi connectivity index (χ3v) is 4.80. The van der Waals surface area contributed by atoms with Crippen LogP contribution in [-0.2, 0) is 16.6 Å². The van der Waals surface area contributed by atoms with Crippen molar-refractivity contribution in [2.75, 3.05) is 0 Å². The van der Waals surface area contributed by atoms with E-state index in [1.807, 2.05) is 37.3 Å². The van der Waals surface area contributed by atoms with Gasteiger partial charge in [0.1, 0.15) is 0 Å². The molecule has 0 saturated heterocycles. The maximum atomic E-state index is 12.1. The van der Waals surface area contributed by atoms with E-state index in [0.717, 1.165) is 14.7 Å². The van der Waals surface area contributed by atoms with Crippen LogP contribution in [-0.4, -0.2) is 8.42 Å². The molecule has 3 nitrogen and oxygen atoms in total. The predicted molar refractivity (Wildman–Crippen MR) is 84.4 cm³/mol. The maximum absolute atomic E-state index is 12.1. The molecule has 0 radical (unpaired) electrons. The fraction of sp³-hybridized carbons (Fsp3) is 0.143. The van der Waals surface area contributed by atoms with E-state index < -0.39 is 10.0 Å². The van der Waals surface area contributed by atoms with Crippen LogP contribution in [0.2, 0.25) is 0 Å². The molecule has 0 aromatic heterocycles. The van der Waals surface area contributed by atoms with Gasteiger partial charge in [0.15, 0.2) is 0 Å². The summed E-state index contributed by atoms with van der Waals surface area (Å²) in [5.74, 6) is 0. The van der Waals surface area contributed by atoms with E-state index in [4.69, 9.17) is 0 Å². The SMILES string of the molecule is Cc1cccc(S(=O)(=O)NCc2ccc(I)cc2)c1. The van der Waals surface area contributed by atoms with Crippen LogP contribution in [0, 0.1) is 10.5 Å². The van der Waals surface area contributed by atoms with Crippen LogP contribution < -0.4 is 4.72 Å². The lowest BCUT2D eigenvalue weighted by Gasteiger charge is -2.07. The second kappa shape index (κ2) is 6.02. The molecule has 100 valence electrons. The average molecular weight is 387 g/mol. The van der Waals surface area contributed by atoms with Gasteiger partial charge in [-0.25, -0.2) is 13.1 Å². The molecule has 0 bridgehead atoms. The van der Waals surface area contributed by atoms with Crippen LogP contribution in [0.1, 0.15) is 11.1 Å². The van der Waals surface area contributed by atoms with E-state index in [2.05, 4.69) is 27.3 Å². The van der Waals surface area contributed by atoms with Gasteiger partial charge in [-0.2, -0.15) is 0 Å². The molecule has 0 aliphatic rings. The molecule has 2 aromatic carbocycles. The third kappa shape index (κ3) is 4.02. The summed E-state index contributed by atoms with van der Waals surface area (Å²) in [5, 5.41) is 0. The molecule has 0 atom stereocenters. The Morgan fingerprint density at radius 2 is 1.79 bits per heavy atom. The number of sulfonamides is 1. The lowest BCUT2D eigenvalue weighted by atomic mass is 10.2. The molecule has 0 fully saturated rings. The van der Waals surface area contributed by atoms with Gasteiger partial charge in [-0.15, -0.1) is 0 Å². The van der Waals surface area contributed by atoms with Gasteiger partial charge >= 0.3 is 0 Å². The Balaban J connectivity index is 2.12. The highest BCUT2D eigenvalue weighted by molar-refractivity contribution is 14.1. The van der Waals surface area contributed by atoms with E-state index in [0.29, 0.717) is 11.4 Å². The minimum atomic E-state index is -3.44. The molecule has 0 spiro atoms. The second-order valence-electron chi connectivity index (χ2n) is 4.27. The Morgan fingerprint density at radius 1 is 1.11 bits per heavy atom. The van der Waals surface area contributed by atoms with E-state index in [1.165, 1.54) is 0 Å². The number of rotatable bonds is 4. The molecule has 0 aliphatic heterocycles. The summed E-state index contributed by atoms with van der Waals surface area (Å²) in [5.41, 5.74) is 1.87. The van der Waals surface area contributed by atoms with Gasteiger partial charge in [0, 0.05) is 10.1 Å². The van der Waals surface area contributed by atoms with Crippen molar-refractivity contribution < 1.29 is 8.42 Å². The topological polar surface area (TPSA) is 46.2 Å². The lowest BCUT2D eigenvalue weighted by molar-refractivity contribution is 0.581. The summed E-state index contributed by atoms with van der Waals surface area (Å²) in [6, 6.07) is 14.6. The molecule has 19 heavy (non-hydrogen) atoms. The first-order chi connectivity index (χ1) is 8.97. The van der Waals surface area contributed by atoms with Crippen LogP contribution in [0.3, 0.4) is 0 Å². The number of aryl methyl sites for hydroxylation is 1. The standard InChI is InChI=1S/C14H14INO2S/c1-11-3-2-4-14(9-11)19(17,18)16-10-12-5-7-13(15)8-6-12/h2-9,16H,10H2,1H3. The minimum absolute atomic E-state index is 0.299. The zero-order valence-corrected chi connectivity index (χ0v) is 13.4. The van der Waals surface area contributed by atoms with Gasteiger partial charge in [-0.05, 0) is 64.9 Å². The van der Waals surface area contributed by atoms with Crippen molar-refractivity contribution in [3.05, 3.63) is 63.2 Å². The maximum Gasteiger partial charge on any atom is 0.240 e. The molecule has 2 rings (SSSR count). The lowest BCUT2D eigenvalue weighted by Crippen LogP contribution is -2.23. The largest absolute Gasteiger partial charge is 0.240 e. The number of benzene rings is 2. The van der Waals surface area contributed by atoms with E-state index >= 15 is 0 Å². The molecule has 0 aliphatic carbocycles. The van der Waals surface area contributed by atoms with Crippen molar-refractivity contribution in [1.82, 2.24) is 4.72 Å². The van der Waals surface area contributed by atoms with Crippen molar-refractivity contribution in [3.8, 4) is 0 Å². The Morgan fingerprint density at radius 3 is 2.42 bits per heavy atom. The normalized spacial score (nSPS) is 11.5. The Kier molecular flexibility index (Phi) is 4.59. The van der Waals surface area contributed by atoms with Crippen LogP contribution in [0.15, 0.2) is 53.4 Å². The average Bonchev–Trinajstić information content (AvgIpc) is 2.38. The third-order valence-electron chi connectivity index (χ3n) is 2.68. The quantitative estimate of drug-likeness (QED) is 0.820. The van der Waals surface area contributed by atoms with Crippen molar-refractivity contribution in [3.63, 3.8) is 0 Å². The molecule has 0 saturated carbocycles. The number of nitrogens with one attached hydrogen (secondary N) is 1. The van der Waals surface area contributed by atoms with Crippen LogP contribution in [0.25, 0.3) is 0 Å². The summed E-state index contributed by atoms with van der Waals surface area (Å²) in [6.45, 7) is 2.17. The van der Waals surface area contributed by atoms with Gasteiger partial charge in [0.25, 0.3) is 0 Å². The summed E-state index contributed by atoms with van der Waals surface area (Å²) in [6.07, 6.45) is 0. The number of hydrogen-bond acceptors (Lipinski definition) is 2. The number of hydrogen-bond donors (Lipinski definition) is 1. The Hall–Kier alpha value is -0.920. The summed E-state index contributed by atoms with van der Waals surface area (Å²) < 4.78 is 28.0. The van der Waals surface area contributed by atoms with Crippen molar-refractivity contribution in [1.29, 1.82) is 0 Å². The van der Waals surface area contributed by atoms with Gasteiger partial charge < -0.3 is 0 Å². The monoisotopic (exact) mass is 387 g/mol. The highest BCUT2D eigenvalue weighted by atomic mass is 127. The smallest absolute Gasteiger partial charge is 0.207 e. The van der Waals surface area contributed by atoms with Crippen molar-refractivity contribution in [2.24, 2.45) is 0 Å². The molecule has 5 heteroatoms. The molecular formula is C14H14INO2S. The van der Waals surface area contributed by atoms with E-state index in [1.54, 1.807) is 18.2 Å². The zero-order valence-electron chi connectivity index (χ0n) is 10.4. The fourth-order valence-corrected chi connectivity index (χ4v) is 3.13. The molecule has 0 heterocycles. The second-order valence-corrected chi connectivity index (χ2v) is 7.28. The van der Waals surface area contributed by atoms with Crippen LogP contribution >= 0.6 is 22.6 Å². The minimum Gasteiger partial charge on any atom is -0.207 e.